The third-order valence-corrected chi connectivity index (χ3v) is 3.26. The normalized spacial score (nSPS) is 14.7. The van der Waals surface area contributed by atoms with Gasteiger partial charge in [-0.25, -0.2) is 4.79 Å². The fourth-order valence-electron chi connectivity index (χ4n) is 1.87. The zero-order chi connectivity index (χ0) is 22.0. The Morgan fingerprint density at radius 3 is 1.96 bits per heavy atom. The lowest BCUT2D eigenvalue weighted by Crippen LogP contribution is -2.57. The third kappa shape index (κ3) is 9.44. The van der Waals surface area contributed by atoms with Crippen molar-refractivity contribution < 1.29 is 44.1 Å². The number of nitrogens with one attached hydrogen (secondary N) is 3. The van der Waals surface area contributed by atoms with E-state index in [1.807, 2.05) is 10.6 Å². The number of rotatable bonds is 12. The first-order valence-electron chi connectivity index (χ1n) is 7.89. The molecule has 0 rings (SSSR count). The van der Waals surface area contributed by atoms with E-state index in [4.69, 9.17) is 21.7 Å². The van der Waals surface area contributed by atoms with Gasteiger partial charge in [0.15, 0.2) is 0 Å². The third-order valence-electron chi connectivity index (χ3n) is 3.26. The number of aliphatic hydroxyl groups is 1. The lowest BCUT2D eigenvalue weighted by atomic mass is 10.1. The Bertz CT molecular complexity index is 637. The number of aliphatic hydroxyl groups excluding tert-OH is 1. The number of carbonyl (C=O) groups is 6. The van der Waals surface area contributed by atoms with Gasteiger partial charge in [-0.3, -0.25) is 24.0 Å². The van der Waals surface area contributed by atoms with Crippen LogP contribution in [0.25, 0.3) is 0 Å². The first-order valence-corrected chi connectivity index (χ1v) is 7.89. The molecule has 0 heterocycles. The zero-order valence-corrected chi connectivity index (χ0v) is 14.9. The van der Waals surface area contributed by atoms with Gasteiger partial charge in [0.25, 0.3) is 0 Å². The molecule has 14 heteroatoms. The van der Waals surface area contributed by atoms with Crippen molar-refractivity contribution in [3.05, 3.63) is 0 Å². The van der Waals surface area contributed by atoms with Gasteiger partial charge in [-0.2, -0.15) is 0 Å². The van der Waals surface area contributed by atoms with Crippen LogP contribution >= 0.6 is 0 Å². The summed E-state index contributed by atoms with van der Waals surface area (Å²) in [7, 11) is 0. The highest BCUT2D eigenvalue weighted by molar-refractivity contribution is 5.94. The van der Waals surface area contributed by atoms with Crippen molar-refractivity contribution in [1.29, 1.82) is 0 Å². The maximum absolute atomic E-state index is 12.1. The summed E-state index contributed by atoms with van der Waals surface area (Å²) in [5, 5.41) is 33.2. The number of primary amides is 1. The van der Waals surface area contributed by atoms with Crippen LogP contribution in [0, 0.1) is 0 Å². The van der Waals surface area contributed by atoms with E-state index in [0.717, 1.165) is 6.92 Å². The van der Waals surface area contributed by atoms with Crippen LogP contribution in [0.2, 0.25) is 0 Å². The molecule has 10 N–H and O–H groups in total. The van der Waals surface area contributed by atoms with Crippen LogP contribution in [0.5, 0.6) is 0 Å². The molecule has 4 amide bonds. The largest absolute Gasteiger partial charge is 0.481 e. The highest BCUT2D eigenvalue weighted by atomic mass is 16.4. The first-order chi connectivity index (χ1) is 12.8. The molecule has 0 spiro atoms. The molecule has 0 aromatic heterocycles. The Kier molecular flexibility index (Phi) is 10.1. The first kappa shape index (κ1) is 24.7. The lowest BCUT2D eigenvalue weighted by Gasteiger charge is -2.23. The number of nitrogens with two attached hydrogens (primary N) is 2. The fraction of sp³-hybridized carbons (Fsp3) is 0.571. The van der Waals surface area contributed by atoms with E-state index in [2.05, 4.69) is 5.32 Å². The van der Waals surface area contributed by atoms with Crippen LogP contribution in [0.3, 0.4) is 0 Å². The average Bonchev–Trinajstić information content (AvgIpc) is 2.55. The van der Waals surface area contributed by atoms with E-state index >= 15 is 0 Å². The molecule has 0 aromatic carbocycles. The van der Waals surface area contributed by atoms with Crippen molar-refractivity contribution in [3.63, 3.8) is 0 Å². The van der Waals surface area contributed by atoms with Gasteiger partial charge in [0, 0.05) is 0 Å². The van der Waals surface area contributed by atoms with Gasteiger partial charge in [0.2, 0.25) is 23.6 Å². The van der Waals surface area contributed by atoms with Gasteiger partial charge in [-0.1, -0.05) is 0 Å². The van der Waals surface area contributed by atoms with Gasteiger partial charge >= 0.3 is 11.9 Å². The molecule has 0 aromatic rings. The predicted octanol–water partition coefficient (Wildman–Crippen LogP) is -4.78. The lowest BCUT2D eigenvalue weighted by molar-refractivity contribution is -0.144. The van der Waals surface area contributed by atoms with Crippen molar-refractivity contribution in [1.82, 2.24) is 16.0 Å². The molecule has 0 aliphatic carbocycles. The summed E-state index contributed by atoms with van der Waals surface area (Å²) >= 11 is 0. The Labute approximate surface area is 158 Å². The number of hydrogen-bond donors (Lipinski definition) is 8. The van der Waals surface area contributed by atoms with Gasteiger partial charge in [-0.15, -0.1) is 0 Å². The number of carboxylic acid groups (broad SMARTS) is 2. The molecule has 0 saturated carbocycles. The zero-order valence-electron chi connectivity index (χ0n) is 14.9. The molecule has 0 fully saturated rings. The molecule has 14 nitrogen and oxygen atoms in total. The van der Waals surface area contributed by atoms with E-state index in [-0.39, 0.29) is 0 Å². The summed E-state index contributed by atoms with van der Waals surface area (Å²) in [6.07, 6.45) is -2.83. The quantitative estimate of drug-likeness (QED) is 0.154. The van der Waals surface area contributed by atoms with Crippen LogP contribution in [-0.2, 0) is 28.8 Å². The summed E-state index contributed by atoms with van der Waals surface area (Å²) in [6.45, 7) is 0.446. The average molecular weight is 405 g/mol. The molecule has 0 radical (unpaired) electrons. The number of carboxylic acids is 2. The minimum absolute atomic E-state index is 0.664. The molecule has 0 saturated heterocycles. The van der Waals surface area contributed by atoms with E-state index in [1.165, 1.54) is 0 Å². The second kappa shape index (κ2) is 11.5. The smallest absolute Gasteiger partial charge is 0.326 e. The van der Waals surface area contributed by atoms with Crippen molar-refractivity contribution in [2.45, 2.75) is 44.0 Å². The van der Waals surface area contributed by atoms with Crippen LogP contribution in [0.4, 0.5) is 0 Å². The van der Waals surface area contributed by atoms with Gasteiger partial charge in [-0.05, 0) is 6.92 Å². The molecule has 28 heavy (non-hydrogen) atoms. The molecule has 4 atom stereocenters. The summed E-state index contributed by atoms with van der Waals surface area (Å²) in [5.41, 5.74) is 10.2. The van der Waals surface area contributed by atoms with Crippen LogP contribution in [0.1, 0.15) is 19.8 Å². The number of carbonyl (C=O) groups excluding carboxylic acids is 4. The van der Waals surface area contributed by atoms with Gasteiger partial charge in [0.05, 0.1) is 31.5 Å². The number of hydrogen-bond acceptors (Lipinski definition) is 8. The summed E-state index contributed by atoms with van der Waals surface area (Å²) < 4.78 is 0. The van der Waals surface area contributed by atoms with Crippen LogP contribution < -0.4 is 27.4 Å². The SMILES string of the molecule is CC(O)C(NC(=O)CNC(=O)C(N)CC(=O)O)C(=O)NC(CC(N)=O)C(=O)O. The van der Waals surface area contributed by atoms with E-state index < -0.39 is 79.2 Å². The molecule has 0 aliphatic rings. The highest BCUT2D eigenvalue weighted by Crippen LogP contribution is 1.98. The Hall–Kier alpha value is -3.26. The summed E-state index contributed by atoms with van der Waals surface area (Å²) in [5.74, 6) is -6.84. The monoisotopic (exact) mass is 405 g/mol. The Morgan fingerprint density at radius 1 is 0.964 bits per heavy atom. The van der Waals surface area contributed by atoms with E-state index in [0.29, 0.717) is 0 Å². The summed E-state index contributed by atoms with van der Waals surface area (Å²) in [4.78, 5) is 67.8. The molecular weight excluding hydrogens is 382 g/mol. The minimum Gasteiger partial charge on any atom is -0.481 e. The Balaban J connectivity index is 4.83. The maximum atomic E-state index is 12.1. The van der Waals surface area contributed by atoms with Crippen molar-refractivity contribution in [3.8, 4) is 0 Å². The standard InChI is InChI=1S/C14H23N5O9/c1-5(20)11(13(26)18-7(14(27)28)3-8(16)21)19-9(22)4-17-12(25)6(15)2-10(23)24/h5-7,11,20H,2-4,15H2,1H3,(H2,16,21)(H,17,25)(H,18,26)(H,19,22)(H,23,24)(H,27,28). The Morgan fingerprint density at radius 2 is 1.54 bits per heavy atom. The second-order valence-corrected chi connectivity index (χ2v) is 5.78. The molecule has 4 unspecified atom stereocenters. The number of aliphatic carboxylic acids is 2. The van der Waals surface area contributed by atoms with Gasteiger partial charge in [0.1, 0.15) is 12.1 Å². The van der Waals surface area contributed by atoms with Crippen LogP contribution in [0.15, 0.2) is 0 Å². The second-order valence-electron chi connectivity index (χ2n) is 5.78. The summed E-state index contributed by atoms with van der Waals surface area (Å²) in [6, 6.07) is -4.67. The molecule has 0 bridgehead atoms. The van der Waals surface area contributed by atoms with Crippen molar-refractivity contribution >= 4 is 35.6 Å². The van der Waals surface area contributed by atoms with Crippen LogP contribution in [-0.4, -0.2) is 81.7 Å². The number of amides is 4. The van der Waals surface area contributed by atoms with Crippen molar-refractivity contribution in [2.75, 3.05) is 6.54 Å². The van der Waals surface area contributed by atoms with E-state index in [9.17, 15) is 33.9 Å². The molecular formula is C14H23N5O9. The molecule has 0 aliphatic heterocycles. The van der Waals surface area contributed by atoms with Gasteiger partial charge < -0.3 is 42.7 Å². The molecule has 158 valence electrons. The topological polar surface area (TPSA) is 251 Å². The minimum atomic E-state index is -1.67. The fourth-order valence-corrected chi connectivity index (χ4v) is 1.87. The highest BCUT2D eigenvalue weighted by Gasteiger charge is 2.30. The van der Waals surface area contributed by atoms with Crippen molar-refractivity contribution in [2.24, 2.45) is 11.5 Å². The van der Waals surface area contributed by atoms with E-state index in [1.54, 1.807) is 0 Å². The maximum Gasteiger partial charge on any atom is 0.326 e. The predicted molar refractivity (Wildman–Crippen MR) is 90.2 cm³/mol.